The fraction of sp³-hybridized carbons (Fsp3) is 0.278. The molecule has 0 saturated carbocycles. The summed E-state index contributed by atoms with van der Waals surface area (Å²) in [4.78, 5) is 31.0. The Hall–Kier alpha value is -3.29. The molecule has 4 heterocycles. The van der Waals surface area contributed by atoms with E-state index in [4.69, 9.17) is 0 Å². The van der Waals surface area contributed by atoms with Gasteiger partial charge in [-0.1, -0.05) is 6.07 Å². The van der Waals surface area contributed by atoms with Crippen molar-refractivity contribution in [2.24, 2.45) is 0 Å². The van der Waals surface area contributed by atoms with Crippen LogP contribution >= 0.6 is 0 Å². The van der Waals surface area contributed by atoms with Gasteiger partial charge in [0.25, 0.3) is 5.91 Å². The van der Waals surface area contributed by atoms with Gasteiger partial charge in [0.05, 0.1) is 17.9 Å². The van der Waals surface area contributed by atoms with Crippen LogP contribution in [0.4, 0.5) is 10.5 Å². The van der Waals surface area contributed by atoms with Gasteiger partial charge < -0.3 is 15.2 Å². The van der Waals surface area contributed by atoms with Crippen molar-refractivity contribution in [1.82, 2.24) is 25.0 Å². The number of aromatic amines is 1. The molecule has 8 nitrogen and oxygen atoms in total. The third-order valence-electron chi connectivity index (χ3n) is 5.08. The Bertz CT molecular complexity index is 1000. The van der Waals surface area contributed by atoms with Crippen molar-refractivity contribution in [3.05, 3.63) is 48.4 Å². The van der Waals surface area contributed by atoms with Gasteiger partial charge >= 0.3 is 6.03 Å². The molecule has 2 fully saturated rings. The summed E-state index contributed by atoms with van der Waals surface area (Å²) in [5, 5.41) is 8.25. The van der Waals surface area contributed by atoms with Crippen molar-refractivity contribution >= 4 is 28.5 Å². The van der Waals surface area contributed by atoms with Crippen LogP contribution in [0.1, 0.15) is 16.4 Å². The predicted molar refractivity (Wildman–Crippen MR) is 96.2 cm³/mol. The van der Waals surface area contributed by atoms with E-state index in [0.29, 0.717) is 31.7 Å². The second-order valence-electron chi connectivity index (χ2n) is 6.71. The summed E-state index contributed by atoms with van der Waals surface area (Å²) < 4.78 is 1.85. The van der Waals surface area contributed by atoms with E-state index in [1.165, 1.54) is 0 Å². The van der Waals surface area contributed by atoms with Gasteiger partial charge in [-0.3, -0.25) is 14.4 Å². The number of hydrogen-bond donors (Lipinski definition) is 2. The quantitative estimate of drug-likeness (QED) is 0.752. The normalized spacial score (nSPS) is 17.6. The fourth-order valence-electron chi connectivity index (χ4n) is 3.54. The lowest BCUT2D eigenvalue weighted by Gasteiger charge is -2.39. The van der Waals surface area contributed by atoms with Gasteiger partial charge in [-0.05, 0) is 23.6 Å². The highest BCUT2D eigenvalue weighted by atomic mass is 16.2. The van der Waals surface area contributed by atoms with Crippen LogP contribution < -0.4 is 10.2 Å². The van der Waals surface area contributed by atoms with E-state index in [0.717, 1.165) is 16.6 Å². The summed E-state index contributed by atoms with van der Waals surface area (Å²) in [6.07, 6.45) is 5.45. The van der Waals surface area contributed by atoms with Crippen LogP contribution in [0.2, 0.25) is 0 Å². The van der Waals surface area contributed by atoms with Crippen LogP contribution in [-0.4, -0.2) is 57.8 Å². The summed E-state index contributed by atoms with van der Waals surface area (Å²) in [5.74, 6) is 0.0315. The number of likely N-dealkylation sites (tertiary alicyclic amines) is 1. The first-order valence-corrected chi connectivity index (χ1v) is 8.65. The molecule has 2 saturated heterocycles. The molecule has 0 atom stereocenters. The standard InChI is InChI=1S/C18H18N6O2/c25-17(13-2-1-12-3-4-19-16(12)7-13)22-9-15(10-22)24-11-14(8-21-24)23-6-5-20-18(23)26/h1-4,7-8,11,15,19H,5-6,9-10H2,(H,20,26). The third-order valence-corrected chi connectivity index (χ3v) is 5.08. The number of nitrogens with one attached hydrogen (secondary N) is 2. The number of carbonyl (C=O) groups excluding carboxylic acids is 2. The van der Waals surface area contributed by atoms with Crippen LogP contribution in [0.5, 0.6) is 0 Å². The van der Waals surface area contributed by atoms with Crippen molar-refractivity contribution < 1.29 is 9.59 Å². The molecule has 26 heavy (non-hydrogen) atoms. The van der Waals surface area contributed by atoms with Gasteiger partial charge in [-0.25, -0.2) is 4.79 Å². The molecule has 2 N–H and O–H groups in total. The first-order valence-electron chi connectivity index (χ1n) is 8.65. The van der Waals surface area contributed by atoms with Crippen molar-refractivity contribution in [3.8, 4) is 0 Å². The van der Waals surface area contributed by atoms with Gasteiger partial charge in [-0.15, -0.1) is 0 Å². The van der Waals surface area contributed by atoms with Crippen LogP contribution in [0, 0.1) is 0 Å². The molecule has 0 spiro atoms. The summed E-state index contributed by atoms with van der Waals surface area (Å²) in [6.45, 7) is 2.55. The first-order chi connectivity index (χ1) is 12.7. The number of aromatic nitrogens is 3. The zero-order chi connectivity index (χ0) is 17.7. The Balaban J connectivity index is 1.26. The number of carbonyl (C=O) groups is 2. The molecule has 2 aliphatic rings. The molecule has 5 rings (SSSR count). The van der Waals surface area contributed by atoms with Crippen LogP contribution in [0.3, 0.4) is 0 Å². The number of rotatable bonds is 3. The smallest absolute Gasteiger partial charge is 0.322 e. The van der Waals surface area contributed by atoms with Crippen molar-refractivity contribution in [3.63, 3.8) is 0 Å². The van der Waals surface area contributed by atoms with Crippen LogP contribution in [0.25, 0.3) is 10.9 Å². The lowest BCUT2D eigenvalue weighted by Crippen LogP contribution is -2.50. The van der Waals surface area contributed by atoms with E-state index in [-0.39, 0.29) is 18.0 Å². The number of hydrogen-bond acceptors (Lipinski definition) is 3. The number of anilines is 1. The molecule has 0 radical (unpaired) electrons. The highest BCUT2D eigenvalue weighted by Crippen LogP contribution is 2.26. The summed E-state index contributed by atoms with van der Waals surface area (Å²) in [7, 11) is 0. The van der Waals surface area contributed by atoms with E-state index >= 15 is 0 Å². The maximum absolute atomic E-state index is 12.6. The molecule has 132 valence electrons. The molecule has 8 heteroatoms. The largest absolute Gasteiger partial charge is 0.361 e. The highest BCUT2D eigenvalue weighted by Gasteiger charge is 2.33. The minimum Gasteiger partial charge on any atom is -0.361 e. The molecule has 0 aliphatic carbocycles. The van der Waals surface area contributed by atoms with Gasteiger partial charge in [0.15, 0.2) is 0 Å². The molecule has 3 amide bonds. The fourth-order valence-corrected chi connectivity index (χ4v) is 3.54. The van der Waals surface area contributed by atoms with E-state index in [1.54, 1.807) is 11.1 Å². The number of benzene rings is 1. The van der Waals surface area contributed by atoms with E-state index in [9.17, 15) is 9.59 Å². The minimum atomic E-state index is -0.0883. The number of urea groups is 1. The highest BCUT2D eigenvalue weighted by molar-refractivity contribution is 5.98. The van der Waals surface area contributed by atoms with E-state index in [2.05, 4.69) is 15.4 Å². The van der Waals surface area contributed by atoms with Gasteiger partial charge in [-0.2, -0.15) is 5.10 Å². The Morgan fingerprint density at radius 3 is 2.92 bits per heavy atom. The van der Waals surface area contributed by atoms with E-state index in [1.807, 2.05) is 46.2 Å². The Labute approximate surface area is 149 Å². The first kappa shape index (κ1) is 15.0. The molecule has 2 aliphatic heterocycles. The van der Waals surface area contributed by atoms with Crippen LogP contribution in [-0.2, 0) is 0 Å². The molecule has 2 aromatic heterocycles. The summed E-state index contributed by atoms with van der Waals surface area (Å²) >= 11 is 0. The Kier molecular flexibility index (Phi) is 3.24. The maximum Gasteiger partial charge on any atom is 0.322 e. The van der Waals surface area contributed by atoms with Crippen LogP contribution in [0.15, 0.2) is 42.9 Å². The maximum atomic E-state index is 12.6. The second-order valence-corrected chi connectivity index (χ2v) is 6.71. The molecule has 0 unspecified atom stereocenters. The monoisotopic (exact) mass is 350 g/mol. The molecule has 3 aromatic rings. The molecular weight excluding hydrogens is 332 g/mol. The number of fused-ring (bicyclic) bond motifs is 1. The lowest BCUT2D eigenvalue weighted by atomic mass is 10.1. The average molecular weight is 350 g/mol. The van der Waals surface area contributed by atoms with Crippen molar-refractivity contribution in [2.75, 3.05) is 31.1 Å². The third kappa shape index (κ3) is 2.33. The zero-order valence-electron chi connectivity index (χ0n) is 14.1. The molecule has 1 aromatic carbocycles. The lowest BCUT2D eigenvalue weighted by molar-refractivity contribution is 0.0502. The SMILES string of the molecule is O=C(c1ccc2cc[nH]c2c1)N1CC(n2cc(N3CCNC3=O)cn2)C1. The summed E-state index contributed by atoms with van der Waals surface area (Å²) in [5.41, 5.74) is 2.45. The van der Waals surface area contributed by atoms with Gasteiger partial charge in [0.2, 0.25) is 0 Å². The number of H-pyrrole nitrogens is 1. The number of amides is 3. The molecule has 0 bridgehead atoms. The average Bonchev–Trinajstić information content (AvgIpc) is 3.32. The van der Waals surface area contributed by atoms with Crippen molar-refractivity contribution in [1.29, 1.82) is 0 Å². The number of nitrogens with zero attached hydrogens (tertiary/aromatic N) is 4. The minimum absolute atomic E-state index is 0.0315. The topological polar surface area (TPSA) is 86.3 Å². The Morgan fingerprint density at radius 2 is 2.12 bits per heavy atom. The van der Waals surface area contributed by atoms with Gasteiger partial charge in [0.1, 0.15) is 0 Å². The second kappa shape index (κ2) is 5.62. The van der Waals surface area contributed by atoms with E-state index < -0.39 is 0 Å². The zero-order valence-corrected chi connectivity index (χ0v) is 14.1. The summed E-state index contributed by atoms with van der Waals surface area (Å²) in [6, 6.07) is 7.76. The van der Waals surface area contributed by atoms with Gasteiger partial charge in [0, 0.05) is 49.7 Å². The predicted octanol–water partition coefficient (Wildman–Crippen LogP) is 1.59. The van der Waals surface area contributed by atoms with Crippen molar-refractivity contribution in [2.45, 2.75) is 6.04 Å². The Morgan fingerprint density at radius 1 is 1.23 bits per heavy atom. The molecular formula is C18H18N6O2.